The van der Waals surface area contributed by atoms with Gasteiger partial charge in [0.15, 0.2) is 0 Å². The van der Waals surface area contributed by atoms with Gasteiger partial charge in [-0.25, -0.2) is 4.39 Å². The highest BCUT2D eigenvalue weighted by Gasteiger charge is 2.25. The number of carbonyl (C=O) groups is 1. The lowest BCUT2D eigenvalue weighted by Crippen LogP contribution is -2.48. The molecular weight excluding hydrogens is 325 g/mol. The molecule has 0 aromatic heterocycles. The van der Waals surface area contributed by atoms with Crippen LogP contribution in [0, 0.1) is 5.82 Å². The molecule has 1 saturated heterocycles. The highest BCUT2D eigenvalue weighted by atomic mass is 19.1. The van der Waals surface area contributed by atoms with Gasteiger partial charge in [0.2, 0.25) is 0 Å². The Morgan fingerprint density at radius 2 is 2.00 bits per heavy atom. The molecule has 1 aliphatic heterocycles. The van der Waals surface area contributed by atoms with Crippen LogP contribution >= 0.6 is 0 Å². The number of carbonyl (C=O) groups excluding carboxylic acids is 1. The smallest absolute Gasteiger partial charge is 0.251 e. The molecule has 1 aliphatic rings. The van der Waals surface area contributed by atoms with E-state index in [9.17, 15) is 14.3 Å². The fourth-order valence-corrected chi connectivity index (χ4v) is 2.62. The summed E-state index contributed by atoms with van der Waals surface area (Å²) in [5.41, 5.74) is 0.940. The molecule has 3 rings (SSSR count). The Morgan fingerprint density at radius 1 is 1.24 bits per heavy atom. The zero-order valence-electron chi connectivity index (χ0n) is 13.7. The quantitative estimate of drug-likeness (QED) is 0.872. The van der Waals surface area contributed by atoms with Crippen LogP contribution in [-0.2, 0) is 11.3 Å². The Hall–Kier alpha value is -2.44. The van der Waals surface area contributed by atoms with Crippen LogP contribution in [-0.4, -0.2) is 36.4 Å². The first kappa shape index (κ1) is 17.4. The molecule has 1 heterocycles. The maximum atomic E-state index is 13.6. The van der Waals surface area contributed by atoms with Gasteiger partial charge in [-0.15, -0.1) is 0 Å². The molecule has 2 atom stereocenters. The molecular formula is C19H20FNO4. The zero-order chi connectivity index (χ0) is 17.6. The van der Waals surface area contributed by atoms with Crippen molar-refractivity contribution in [3.63, 3.8) is 0 Å². The third-order valence-electron chi connectivity index (χ3n) is 4.11. The standard InChI is InChI=1S/C19H20FNO4/c20-16-4-2-1-3-14(16)11-25-15-7-5-13(6-8-15)19(23)21-17-9-10-24-12-18(17)22/h1-8,17-18,22H,9-12H2,(H,21,23)/t17-,18-/m1/s1. The van der Waals surface area contributed by atoms with Gasteiger partial charge < -0.3 is 19.9 Å². The van der Waals surface area contributed by atoms with Gasteiger partial charge >= 0.3 is 0 Å². The van der Waals surface area contributed by atoms with Crippen molar-refractivity contribution in [2.45, 2.75) is 25.2 Å². The molecule has 1 amide bonds. The van der Waals surface area contributed by atoms with E-state index in [0.717, 1.165) is 0 Å². The van der Waals surface area contributed by atoms with Crippen LogP contribution in [0.25, 0.3) is 0 Å². The molecule has 6 heteroatoms. The second-order valence-electron chi connectivity index (χ2n) is 5.92. The first-order valence-electron chi connectivity index (χ1n) is 8.16. The molecule has 2 aromatic carbocycles. The number of hydrogen-bond donors (Lipinski definition) is 2. The second-order valence-corrected chi connectivity index (χ2v) is 5.92. The number of hydrogen-bond acceptors (Lipinski definition) is 4. The van der Waals surface area contributed by atoms with Gasteiger partial charge in [0.1, 0.15) is 18.2 Å². The van der Waals surface area contributed by atoms with E-state index < -0.39 is 6.10 Å². The summed E-state index contributed by atoms with van der Waals surface area (Å²) in [7, 11) is 0. The average molecular weight is 345 g/mol. The van der Waals surface area contributed by atoms with Crippen LogP contribution in [0.4, 0.5) is 4.39 Å². The molecule has 0 radical (unpaired) electrons. The van der Waals surface area contributed by atoms with Gasteiger partial charge in [0, 0.05) is 17.7 Å². The van der Waals surface area contributed by atoms with Crippen molar-refractivity contribution in [3.05, 3.63) is 65.5 Å². The summed E-state index contributed by atoms with van der Waals surface area (Å²) in [6.07, 6.45) is -0.113. The first-order valence-corrected chi connectivity index (χ1v) is 8.16. The number of ether oxygens (including phenoxy) is 2. The van der Waals surface area contributed by atoms with Crippen molar-refractivity contribution >= 4 is 5.91 Å². The van der Waals surface area contributed by atoms with Crippen LogP contribution in [0.15, 0.2) is 48.5 Å². The average Bonchev–Trinajstić information content (AvgIpc) is 2.63. The van der Waals surface area contributed by atoms with Crippen molar-refractivity contribution in [1.82, 2.24) is 5.32 Å². The number of aliphatic hydroxyl groups excluding tert-OH is 1. The molecule has 0 aliphatic carbocycles. The van der Waals surface area contributed by atoms with E-state index >= 15 is 0 Å². The fourth-order valence-electron chi connectivity index (χ4n) is 2.62. The Kier molecular flexibility index (Phi) is 5.63. The van der Waals surface area contributed by atoms with Gasteiger partial charge in [-0.05, 0) is 36.8 Å². The van der Waals surface area contributed by atoms with Gasteiger partial charge in [-0.2, -0.15) is 0 Å². The summed E-state index contributed by atoms with van der Waals surface area (Å²) in [4.78, 5) is 12.2. The summed E-state index contributed by atoms with van der Waals surface area (Å²) in [6, 6.07) is 12.7. The van der Waals surface area contributed by atoms with E-state index in [-0.39, 0.29) is 31.0 Å². The van der Waals surface area contributed by atoms with Crippen molar-refractivity contribution in [2.24, 2.45) is 0 Å². The lowest BCUT2D eigenvalue weighted by Gasteiger charge is -2.28. The SMILES string of the molecule is O=C(N[C@@H]1CCOC[C@H]1O)c1ccc(OCc2ccccc2F)cc1. The Labute approximate surface area is 145 Å². The predicted molar refractivity (Wildman–Crippen MR) is 89.9 cm³/mol. The second kappa shape index (κ2) is 8.09. The number of aliphatic hydroxyl groups is 1. The van der Waals surface area contributed by atoms with Crippen LogP contribution in [0.5, 0.6) is 5.75 Å². The number of halogens is 1. The Bertz CT molecular complexity index is 720. The normalized spacial score (nSPS) is 20.1. The van der Waals surface area contributed by atoms with Crippen LogP contribution in [0.2, 0.25) is 0 Å². The molecule has 2 aromatic rings. The zero-order valence-corrected chi connectivity index (χ0v) is 13.7. The number of benzene rings is 2. The maximum absolute atomic E-state index is 13.6. The molecule has 25 heavy (non-hydrogen) atoms. The van der Waals surface area contributed by atoms with Crippen LogP contribution in [0.3, 0.4) is 0 Å². The van der Waals surface area contributed by atoms with E-state index in [1.165, 1.54) is 6.07 Å². The molecule has 0 saturated carbocycles. The first-order chi connectivity index (χ1) is 12.1. The minimum atomic E-state index is -0.693. The van der Waals surface area contributed by atoms with Crippen molar-refractivity contribution in [3.8, 4) is 5.75 Å². The predicted octanol–water partition coefficient (Wildman–Crippen LogP) is 2.28. The summed E-state index contributed by atoms with van der Waals surface area (Å²) < 4.78 is 24.2. The number of nitrogens with one attached hydrogen (secondary N) is 1. The molecule has 132 valence electrons. The third-order valence-corrected chi connectivity index (χ3v) is 4.11. The van der Waals surface area contributed by atoms with E-state index in [4.69, 9.17) is 9.47 Å². The topological polar surface area (TPSA) is 67.8 Å². The van der Waals surface area contributed by atoms with Gasteiger partial charge in [0.25, 0.3) is 5.91 Å². The minimum Gasteiger partial charge on any atom is -0.489 e. The van der Waals surface area contributed by atoms with Gasteiger partial charge in [-0.1, -0.05) is 18.2 Å². The maximum Gasteiger partial charge on any atom is 0.251 e. The highest BCUT2D eigenvalue weighted by molar-refractivity contribution is 5.94. The molecule has 2 N–H and O–H groups in total. The van der Waals surface area contributed by atoms with E-state index in [2.05, 4.69) is 5.32 Å². The van der Waals surface area contributed by atoms with Crippen molar-refractivity contribution < 1.29 is 23.8 Å². The lowest BCUT2D eigenvalue weighted by atomic mass is 10.1. The number of amides is 1. The highest BCUT2D eigenvalue weighted by Crippen LogP contribution is 2.16. The third kappa shape index (κ3) is 4.55. The summed E-state index contributed by atoms with van der Waals surface area (Å²) in [5, 5.41) is 12.6. The van der Waals surface area contributed by atoms with Gasteiger partial charge in [0.05, 0.1) is 18.8 Å². The molecule has 0 unspecified atom stereocenters. The fraction of sp³-hybridized carbons (Fsp3) is 0.316. The Balaban J connectivity index is 1.56. The van der Waals surface area contributed by atoms with E-state index in [0.29, 0.717) is 29.9 Å². The molecule has 0 spiro atoms. The summed E-state index contributed by atoms with van der Waals surface area (Å²) in [5.74, 6) is -0.0222. The lowest BCUT2D eigenvalue weighted by molar-refractivity contribution is -0.0260. The van der Waals surface area contributed by atoms with Crippen LogP contribution < -0.4 is 10.1 Å². The Morgan fingerprint density at radius 3 is 2.72 bits per heavy atom. The number of rotatable bonds is 5. The largest absolute Gasteiger partial charge is 0.489 e. The summed E-state index contributed by atoms with van der Waals surface area (Å²) in [6.45, 7) is 0.866. The minimum absolute atomic E-state index is 0.118. The van der Waals surface area contributed by atoms with E-state index in [1.807, 2.05) is 0 Å². The van der Waals surface area contributed by atoms with Gasteiger partial charge in [-0.3, -0.25) is 4.79 Å². The van der Waals surface area contributed by atoms with Crippen molar-refractivity contribution in [2.75, 3.05) is 13.2 Å². The van der Waals surface area contributed by atoms with Crippen molar-refractivity contribution in [1.29, 1.82) is 0 Å². The molecule has 5 nitrogen and oxygen atoms in total. The summed E-state index contributed by atoms with van der Waals surface area (Å²) >= 11 is 0. The monoisotopic (exact) mass is 345 g/mol. The molecule has 1 fully saturated rings. The molecule has 0 bridgehead atoms. The van der Waals surface area contributed by atoms with E-state index in [1.54, 1.807) is 42.5 Å². The van der Waals surface area contributed by atoms with Crippen LogP contribution in [0.1, 0.15) is 22.3 Å².